The third-order valence-electron chi connectivity index (χ3n) is 10.1. The van der Waals surface area contributed by atoms with Gasteiger partial charge in [-0.2, -0.15) is 0 Å². The number of halogens is 1. The largest absolute Gasteiger partial charge is 0.497 e. The van der Waals surface area contributed by atoms with Gasteiger partial charge in [0.25, 0.3) is 0 Å². The second kappa shape index (κ2) is 17.4. The molecule has 0 spiro atoms. The summed E-state index contributed by atoms with van der Waals surface area (Å²) in [6, 6.07) is 33.2. The number of methoxy groups -OCH3 is 1. The Balaban J connectivity index is 1.34. The molecule has 1 heterocycles. The maximum absolute atomic E-state index is 13.3. The highest BCUT2D eigenvalue weighted by Gasteiger charge is 2.40. The molecular formula is C42H50FN3O4. The lowest BCUT2D eigenvalue weighted by Gasteiger charge is -2.42. The fourth-order valence-electron chi connectivity index (χ4n) is 7.52. The molecule has 0 aliphatic carbocycles. The summed E-state index contributed by atoms with van der Waals surface area (Å²) < 4.78 is 18.9. The van der Waals surface area contributed by atoms with Gasteiger partial charge < -0.3 is 20.5 Å². The summed E-state index contributed by atoms with van der Waals surface area (Å²) in [5.74, 6) is 0.373. The Kier molecular flexibility index (Phi) is 12.8. The molecule has 0 fully saturated rings. The van der Waals surface area contributed by atoms with Crippen molar-refractivity contribution in [3.63, 3.8) is 0 Å². The molecule has 0 saturated heterocycles. The Bertz CT molecular complexity index is 1640. The Morgan fingerprint density at radius 3 is 2.20 bits per heavy atom. The molecule has 264 valence electrons. The summed E-state index contributed by atoms with van der Waals surface area (Å²) in [6.07, 6.45) is 5.59. The molecule has 8 heteroatoms. The Labute approximate surface area is 295 Å². The number of hydrogen-bond donors (Lipinski definition) is 4. The lowest BCUT2D eigenvalue weighted by molar-refractivity contribution is -0.124. The molecule has 2 amide bonds. The molecule has 0 bridgehead atoms. The minimum Gasteiger partial charge on any atom is -0.497 e. The predicted molar refractivity (Wildman–Crippen MR) is 196 cm³/mol. The number of rotatable bonds is 17. The first-order chi connectivity index (χ1) is 24.3. The molecule has 2 unspecified atom stereocenters. The second-order valence-corrected chi connectivity index (χ2v) is 13.5. The van der Waals surface area contributed by atoms with Crippen LogP contribution in [0.3, 0.4) is 0 Å². The topological polar surface area (TPSA) is 99.7 Å². The van der Waals surface area contributed by atoms with Crippen molar-refractivity contribution in [2.24, 2.45) is 0 Å². The normalized spacial score (nSPS) is 17.1. The van der Waals surface area contributed by atoms with Crippen LogP contribution in [0, 0.1) is 5.82 Å². The molecule has 50 heavy (non-hydrogen) atoms. The van der Waals surface area contributed by atoms with Gasteiger partial charge in [0.2, 0.25) is 11.8 Å². The van der Waals surface area contributed by atoms with Gasteiger partial charge in [-0.25, -0.2) is 4.39 Å². The maximum atomic E-state index is 13.3. The number of ether oxygens (including phenoxy) is 1. The van der Waals surface area contributed by atoms with E-state index in [0.717, 1.165) is 54.5 Å². The summed E-state index contributed by atoms with van der Waals surface area (Å²) in [4.78, 5) is 25.9. The monoisotopic (exact) mass is 679 g/mol. The van der Waals surface area contributed by atoms with E-state index >= 15 is 0 Å². The van der Waals surface area contributed by atoms with Crippen molar-refractivity contribution in [2.75, 3.05) is 26.8 Å². The fourth-order valence-corrected chi connectivity index (χ4v) is 7.52. The average Bonchev–Trinajstić information content (AvgIpc) is 3.15. The number of aliphatic hydroxyl groups excluding tert-OH is 1. The van der Waals surface area contributed by atoms with Gasteiger partial charge in [0, 0.05) is 30.5 Å². The van der Waals surface area contributed by atoms with Crippen LogP contribution in [0.4, 0.5) is 4.39 Å². The van der Waals surface area contributed by atoms with Crippen LogP contribution in [0.2, 0.25) is 0 Å². The summed E-state index contributed by atoms with van der Waals surface area (Å²) in [5.41, 5.74) is 4.86. The number of hydrogen-bond acceptors (Lipinski definition) is 5. The Hall–Kier alpha value is -4.53. The summed E-state index contributed by atoms with van der Waals surface area (Å²) in [6.45, 7) is 2.84. The smallest absolute Gasteiger partial charge is 0.237 e. The van der Waals surface area contributed by atoms with Crippen LogP contribution >= 0.6 is 0 Å². The molecule has 7 nitrogen and oxygen atoms in total. The molecule has 1 aliphatic rings. The van der Waals surface area contributed by atoms with Crippen LogP contribution in [0.15, 0.2) is 103 Å². The van der Waals surface area contributed by atoms with E-state index < -0.39 is 11.6 Å². The quantitative estimate of drug-likeness (QED) is 0.0975. The van der Waals surface area contributed by atoms with Gasteiger partial charge in [0.15, 0.2) is 0 Å². The van der Waals surface area contributed by atoms with E-state index in [1.54, 1.807) is 19.2 Å². The van der Waals surface area contributed by atoms with Crippen molar-refractivity contribution in [1.82, 2.24) is 16.0 Å². The summed E-state index contributed by atoms with van der Waals surface area (Å²) >= 11 is 0. The van der Waals surface area contributed by atoms with Crippen LogP contribution < -0.4 is 20.7 Å². The minimum absolute atomic E-state index is 0.0117. The van der Waals surface area contributed by atoms with E-state index in [4.69, 9.17) is 4.74 Å². The number of nitrogens with one attached hydrogen (secondary N) is 3. The van der Waals surface area contributed by atoms with Crippen LogP contribution in [0.25, 0.3) is 0 Å². The Morgan fingerprint density at radius 2 is 1.56 bits per heavy atom. The third kappa shape index (κ3) is 9.17. The van der Waals surface area contributed by atoms with Crippen LogP contribution in [0.1, 0.15) is 73.3 Å². The SMILES string of the molecule is COc1ccc2c(c1)C(C)(CCCC(CCCNC(=O)CCc1ccc(F)cc1)(c1ccccc1)c1ccccc1)NC(C(=O)NCCO)C2. The standard InChI is InChI=1S/C42H50FN3O4/c1-41(37-30-36(50-2)21-18-32(37)29-38(46-41)40(49)45-27-28-47)23-9-24-42(33-11-5-3-6-12-33,34-13-7-4-8-14-34)25-10-26-44-39(48)22-17-31-15-19-35(43)20-16-31/h3-8,11-16,18-21,30,38,46-47H,9-10,17,22-29H2,1-2H3,(H,44,48)(H,45,49). The highest BCUT2D eigenvalue weighted by Crippen LogP contribution is 2.44. The van der Waals surface area contributed by atoms with Crippen molar-refractivity contribution >= 4 is 11.8 Å². The zero-order valence-corrected chi connectivity index (χ0v) is 29.2. The van der Waals surface area contributed by atoms with E-state index in [2.05, 4.69) is 83.5 Å². The summed E-state index contributed by atoms with van der Waals surface area (Å²) in [7, 11) is 1.67. The van der Waals surface area contributed by atoms with E-state index in [9.17, 15) is 19.1 Å². The maximum Gasteiger partial charge on any atom is 0.237 e. The average molecular weight is 680 g/mol. The van der Waals surface area contributed by atoms with Crippen molar-refractivity contribution in [3.8, 4) is 5.75 Å². The first kappa shape index (κ1) is 36.7. The van der Waals surface area contributed by atoms with Gasteiger partial charge in [0.1, 0.15) is 11.6 Å². The van der Waals surface area contributed by atoms with E-state index in [1.807, 2.05) is 18.2 Å². The van der Waals surface area contributed by atoms with Gasteiger partial charge in [-0.05, 0) is 97.5 Å². The highest BCUT2D eigenvalue weighted by molar-refractivity contribution is 5.82. The molecule has 4 aromatic rings. The fraction of sp³-hybridized carbons (Fsp3) is 0.381. The van der Waals surface area contributed by atoms with E-state index in [-0.39, 0.29) is 36.2 Å². The zero-order valence-electron chi connectivity index (χ0n) is 29.2. The molecule has 4 aromatic carbocycles. The lowest BCUT2D eigenvalue weighted by Crippen LogP contribution is -2.57. The van der Waals surface area contributed by atoms with Crippen molar-refractivity contribution in [1.29, 1.82) is 0 Å². The van der Waals surface area contributed by atoms with Crippen molar-refractivity contribution in [2.45, 2.75) is 75.3 Å². The van der Waals surface area contributed by atoms with E-state index in [1.165, 1.54) is 23.3 Å². The molecule has 1 aliphatic heterocycles. The van der Waals surface area contributed by atoms with Crippen molar-refractivity contribution < 1.29 is 23.8 Å². The summed E-state index contributed by atoms with van der Waals surface area (Å²) in [5, 5.41) is 19.0. The van der Waals surface area contributed by atoms with E-state index in [0.29, 0.717) is 25.8 Å². The third-order valence-corrected chi connectivity index (χ3v) is 10.1. The van der Waals surface area contributed by atoms with Gasteiger partial charge in [0.05, 0.1) is 19.8 Å². The Morgan fingerprint density at radius 1 is 0.900 bits per heavy atom. The van der Waals surface area contributed by atoms with Crippen LogP contribution in [0.5, 0.6) is 5.75 Å². The lowest BCUT2D eigenvalue weighted by atomic mass is 9.67. The highest BCUT2D eigenvalue weighted by atomic mass is 19.1. The number of carbonyl (C=O) groups is 2. The van der Waals surface area contributed by atoms with Crippen LogP contribution in [-0.4, -0.2) is 49.8 Å². The number of benzene rings is 4. The molecular weight excluding hydrogens is 629 g/mol. The van der Waals surface area contributed by atoms with Gasteiger partial charge >= 0.3 is 0 Å². The first-order valence-electron chi connectivity index (χ1n) is 17.7. The van der Waals surface area contributed by atoms with Crippen LogP contribution in [-0.2, 0) is 33.4 Å². The number of carbonyl (C=O) groups excluding carboxylic acids is 2. The van der Waals surface area contributed by atoms with Gasteiger partial charge in [-0.3, -0.25) is 14.9 Å². The first-order valence-corrected chi connectivity index (χ1v) is 17.7. The van der Waals surface area contributed by atoms with Gasteiger partial charge in [-0.1, -0.05) is 85.3 Å². The molecule has 4 N–H and O–H groups in total. The predicted octanol–water partition coefficient (Wildman–Crippen LogP) is 6.36. The zero-order chi connectivity index (χ0) is 35.4. The molecule has 0 saturated carbocycles. The molecule has 0 aromatic heterocycles. The minimum atomic E-state index is -0.499. The molecule has 2 atom stereocenters. The molecule has 5 rings (SSSR count). The van der Waals surface area contributed by atoms with Gasteiger partial charge in [-0.15, -0.1) is 0 Å². The number of aliphatic hydroxyl groups is 1. The number of amides is 2. The number of aryl methyl sites for hydroxylation is 1. The molecule has 0 radical (unpaired) electrons. The van der Waals surface area contributed by atoms with Crippen molar-refractivity contribution in [3.05, 3.63) is 137 Å². The second-order valence-electron chi connectivity index (χ2n) is 13.5. The number of fused-ring (bicyclic) bond motifs is 1.